The van der Waals surface area contributed by atoms with E-state index in [4.69, 9.17) is 4.74 Å². The molecule has 0 bridgehead atoms. The van der Waals surface area contributed by atoms with Crippen molar-refractivity contribution >= 4 is 11.8 Å². The first-order valence-corrected chi connectivity index (χ1v) is 12.2. The Hall–Kier alpha value is -2.86. The van der Waals surface area contributed by atoms with Crippen LogP contribution >= 0.6 is 0 Å². The van der Waals surface area contributed by atoms with Gasteiger partial charge in [0.2, 0.25) is 5.91 Å². The lowest BCUT2D eigenvalue weighted by Gasteiger charge is -2.32. The average molecular weight is 450 g/mol. The van der Waals surface area contributed by atoms with Crippen LogP contribution in [0.25, 0.3) is 0 Å². The van der Waals surface area contributed by atoms with Crippen LogP contribution in [-0.2, 0) is 11.2 Å². The van der Waals surface area contributed by atoms with Crippen molar-refractivity contribution in [3.8, 4) is 5.75 Å². The smallest absolute Gasteiger partial charge is 0.253 e. The van der Waals surface area contributed by atoms with E-state index in [0.717, 1.165) is 57.6 Å². The van der Waals surface area contributed by atoms with E-state index in [1.54, 1.807) is 6.92 Å². The highest BCUT2D eigenvalue weighted by Gasteiger charge is 2.23. The molecule has 176 valence electrons. The molecule has 0 atom stereocenters. The van der Waals surface area contributed by atoms with Crippen LogP contribution in [0.1, 0.15) is 42.1 Å². The molecule has 6 nitrogen and oxygen atoms in total. The highest BCUT2D eigenvalue weighted by Crippen LogP contribution is 2.21. The molecule has 0 unspecified atom stereocenters. The van der Waals surface area contributed by atoms with Crippen LogP contribution in [0, 0.1) is 0 Å². The van der Waals surface area contributed by atoms with Crippen molar-refractivity contribution in [1.82, 2.24) is 14.7 Å². The number of benzene rings is 2. The van der Waals surface area contributed by atoms with E-state index in [1.165, 1.54) is 5.56 Å². The summed E-state index contributed by atoms with van der Waals surface area (Å²) in [5.41, 5.74) is 2.07. The van der Waals surface area contributed by atoms with E-state index in [1.807, 2.05) is 34.1 Å². The topological polar surface area (TPSA) is 53.1 Å². The number of amides is 2. The predicted octanol–water partition coefficient (Wildman–Crippen LogP) is 3.47. The van der Waals surface area contributed by atoms with Gasteiger partial charge in [-0.2, -0.15) is 0 Å². The zero-order valence-electron chi connectivity index (χ0n) is 19.6. The Bertz CT molecular complexity index is 908. The predicted molar refractivity (Wildman–Crippen MR) is 129 cm³/mol. The standard InChI is InChI=1S/C27H35N3O3/c1-22(31)29-15-5-16-30(21-20-29)27(32)24-8-10-25(11-9-24)33-26-13-18-28(19-14-26)17-12-23-6-3-2-4-7-23/h2-4,6-11,26H,5,12-21H2,1H3. The van der Waals surface area contributed by atoms with Crippen LogP contribution in [0.5, 0.6) is 5.75 Å². The number of hydrogen-bond donors (Lipinski definition) is 0. The molecule has 2 aromatic carbocycles. The van der Waals surface area contributed by atoms with Gasteiger partial charge in [-0.25, -0.2) is 0 Å². The Morgan fingerprint density at radius 1 is 0.848 bits per heavy atom. The zero-order valence-corrected chi connectivity index (χ0v) is 19.6. The molecule has 0 saturated carbocycles. The molecule has 0 aromatic heterocycles. The number of likely N-dealkylation sites (tertiary alicyclic amines) is 1. The quantitative estimate of drug-likeness (QED) is 0.678. The van der Waals surface area contributed by atoms with Crippen molar-refractivity contribution in [3.05, 3.63) is 65.7 Å². The number of piperidine rings is 1. The number of rotatable bonds is 6. The summed E-state index contributed by atoms with van der Waals surface area (Å²) in [6, 6.07) is 18.2. The summed E-state index contributed by atoms with van der Waals surface area (Å²) in [6.45, 7) is 7.38. The molecule has 2 heterocycles. The molecule has 2 aliphatic rings. The van der Waals surface area contributed by atoms with Crippen LogP contribution in [0.2, 0.25) is 0 Å². The van der Waals surface area contributed by atoms with E-state index >= 15 is 0 Å². The third kappa shape index (κ3) is 6.57. The second-order valence-corrected chi connectivity index (χ2v) is 9.07. The molecule has 2 saturated heterocycles. The van der Waals surface area contributed by atoms with Gasteiger partial charge in [-0.1, -0.05) is 30.3 Å². The summed E-state index contributed by atoms with van der Waals surface area (Å²) < 4.78 is 6.21. The Labute approximate surface area is 197 Å². The molecule has 2 fully saturated rings. The van der Waals surface area contributed by atoms with Gasteiger partial charge in [0.1, 0.15) is 11.9 Å². The van der Waals surface area contributed by atoms with Crippen molar-refractivity contribution in [3.63, 3.8) is 0 Å². The van der Waals surface area contributed by atoms with E-state index in [9.17, 15) is 9.59 Å². The molecule has 0 spiro atoms. The Kier molecular flexibility index (Phi) is 8.00. The SMILES string of the molecule is CC(=O)N1CCCN(C(=O)c2ccc(OC3CCN(CCc4ccccc4)CC3)cc2)CC1. The number of carbonyl (C=O) groups is 2. The number of hydrogen-bond acceptors (Lipinski definition) is 4. The van der Waals surface area contributed by atoms with Gasteiger partial charge in [-0.15, -0.1) is 0 Å². The number of nitrogens with zero attached hydrogens (tertiary/aromatic N) is 3. The fourth-order valence-electron chi connectivity index (χ4n) is 4.67. The second kappa shape index (κ2) is 11.3. The van der Waals surface area contributed by atoms with Gasteiger partial charge in [-0.3, -0.25) is 9.59 Å². The summed E-state index contributed by atoms with van der Waals surface area (Å²) in [6.07, 6.45) is 4.18. The maximum Gasteiger partial charge on any atom is 0.253 e. The Morgan fingerprint density at radius 2 is 1.52 bits per heavy atom. The lowest BCUT2D eigenvalue weighted by Crippen LogP contribution is -2.39. The first kappa shape index (κ1) is 23.3. The molecule has 0 aliphatic carbocycles. The van der Waals surface area contributed by atoms with Gasteiger partial charge in [0.25, 0.3) is 5.91 Å². The molecule has 0 N–H and O–H groups in total. The van der Waals surface area contributed by atoms with Crippen LogP contribution < -0.4 is 4.74 Å². The normalized spacial score (nSPS) is 18.1. The Balaban J connectivity index is 1.22. The second-order valence-electron chi connectivity index (χ2n) is 9.07. The molecule has 2 aromatic rings. The minimum atomic E-state index is 0.0266. The third-order valence-electron chi connectivity index (χ3n) is 6.73. The van der Waals surface area contributed by atoms with Gasteiger partial charge in [0.15, 0.2) is 0 Å². The van der Waals surface area contributed by atoms with Crippen molar-refractivity contribution < 1.29 is 14.3 Å². The maximum atomic E-state index is 12.9. The van der Waals surface area contributed by atoms with E-state index in [0.29, 0.717) is 25.2 Å². The van der Waals surface area contributed by atoms with E-state index < -0.39 is 0 Å². The number of carbonyl (C=O) groups excluding carboxylic acids is 2. The molecular weight excluding hydrogens is 414 g/mol. The average Bonchev–Trinajstić information content (AvgIpc) is 3.11. The van der Waals surface area contributed by atoms with Gasteiger partial charge in [-0.05, 0) is 55.5 Å². The molecular formula is C27H35N3O3. The highest BCUT2D eigenvalue weighted by molar-refractivity contribution is 5.94. The van der Waals surface area contributed by atoms with Crippen molar-refractivity contribution in [1.29, 1.82) is 0 Å². The molecule has 2 amide bonds. The van der Waals surface area contributed by atoms with Crippen LogP contribution in [0.4, 0.5) is 0 Å². The minimum Gasteiger partial charge on any atom is -0.490 e. The molecule has 6 heteroatoms. The zero-order chi connectivity index (χ0) is 23.0. The van der Waals surface area contributed by atoms with Gasteiger partial charge in [0, 0.05) is 58.3 Å². The fourth-order valence-corrected chi connectivity index (χ4v) is 4.67. The van der Waals surface area contributed by atoms with Crippen molar-refractivity contribution in [2.45, 2.75) is 38.7 Å². The summed E-state index contributed by atoms with van der Waals surface area (Å²) in [5, 5.41) is 0. The summed E-state index contributed by atoms with van der Waals surface area (Å²) in [7, 11) is 0. The molecule has 0 radical (unpaired) electrons. The largest absolute Gasteiger partial charge is 0.490 e. The summed E-state index contributed by atoms with van der Waals surface area (Å²) >= 11 is 0. The van der Waals surface area contributed by atoms with E-state index in [2.05, 4.69) is 35.2 Å². The van der Waals surface area contributed by atoms with Crippen molar-refractivity contribution in [2.24, 2.45) is 0 Å². The van der Waals surface area contributed by atoms with Gasteiger partial charge in [0.05, 0.1) is 0 Å². The Morgan fingerprint density at radius 3 is 2.21 bits per heavy atom. The number of ether oxygens (including phenoxy) is 1. The lowest BCUT2D eigenvalue weighted by atomic mass is 10.1. The van der Waals surface area contributed by atoms with Crippen molar-refractivity contribution in [2.75, 3.05) is 45.8 Å². The van der Waals surface area contributed by atoms with Gasteiger partial charge < -0.3 is 19.4 Å². The fraction of sp³-hybridized carbons (Fsp3) is 0.481. The summed E-state index contributed by atoms with van der Waals surface area (Å²) in [4.78, 5) is 30.7. The van der Waals surface area contributed by atoms with Gasteiger partial charge >= 0.3 is 0 Å². The highest BCUT2D eigenvalue weighted by atomic mass is 16.5. The molecule has 4 rings (SSSR count). The summed E-state index contributed by atoms with van der Waals surface area (Å²) in [5.74, 6) is 0.930. The van der Waals surface area contributed by atoms with Crippen LogP contribution in [-0.4, -0.2) is 78.4 Å². The monoisotopic (exact) mass is 449 g/mol. The van der Waals surface area contributed by atoms with E-state index in [-0.39, 0.29) is 17.9 Å². The van der Waals surface area contributed by atoms with Crippen LogP contribution in [0.3, 0.4) is 0 Å². The van der Waals surface area contributed by atoms with Crippen LogP contribution in [0.15, 0.2) is 54.6 Å². The molecule has 2 aliphatic heterocycles. The lowest BCUT2D eigenvalue weighted by molar-refractivity contribution is -0.128. The maximum absolute atomic E-state index is 12.9. The third-order valence-corrected chi connectivity index (χ3v) is 6.73. The molecule has 33 heavy (non-hydrogen) atoms. The first-order chi connectivity index (χ1) is 16.1. The minimum absolute atomic E-state index is 0.0266. The first-order valence-electron chi connectivity index (χ1n) is 12.2.